The second-order valence-electron chi connectivity index (χ2n) is 7.35. The lowest BCUT2D eigenvalue weighted by Gasteiger charge is -2.19. The van der Waals surface area contributed by atoms with Crippen molar-refractivity contribution in [2.24, 2.45) is 0 Å². The number of nitrogens with zero attached hydrogens (tertiary/aromatic N) is 4. The largest absolute Gasteiger partial charge is 0.343 e. The molecule has 3 heterocycles. The minimum atomic E-state index is 0.321. The van der Waals surface area contributed by atoms with Gasteiger partial charge in [-0.2, -0.15) is 4.37 Å². The third kappa shape index (κ3) is 2.82. The molecule has 1 atom stereocenters. The van der Waals surface area contributed by atoms with E-state index in [2.05, 4.69) is 33.5 Å². The maximum atomic E-state index is 11.9. The number of aromatic nitrogens is 2. The number of amides is 1. The third-order valence-electron chi connectivity index (χ3n) is 5.59. The van der Waals surface area contributed by atoms with Gasteiger partial charge in [-0.25, -0.2) is 4.98 Å². The van der Waals surface area contributed by atoms with Crippen LogP contribution in [-0.2, 0) is 4.79 Å². The van der Waals surface area contributed by atoms with Crippen LogP contribution in [0.25, 0.3) is 0 Å². The van der Waals surface area contributed by atoms with E-state index >= 15 is 0 Å². The number of benzene rings is 1. The van der Waals surface area contributed by atoms with Crippen molar-refractivity contribution in [3.05, 3.63) is 35.7 Å². The molecule has 0 N–H and O–H groups in total. The van der Waals surface area contributed by atoms with Crippen molar-refractivity contribution in [3.8, 4) is 0 Å². The molecule has 130 valence electrons. The highest BCUT2D eigenvalue weighted by atomic mass is 32.1. The fourth-order valence-electron chi connectivity index (χ4n) is 4.02. The Balaban J connectivity index is 1.36. The maximum Gasteiger partial charge on any atom is 0.222 e. The van der Waals surface area contributed by atoms with E-state index < -0.39 is 0 Å². The van der Waals surface area contributed by atoms with Crippen LogP contribution in [0.15, 0.2) is 24.3 Å². The minimum absolute atomic E-state index is 0.321. The first-order valence-electron chi connectivity index (χ1n) is 9.27. The molecule has 5 nitrogen and oxygen atoms in total. The number of fused-ring (bicyclic) bond motifs is 1. The number of carbonyl (C=O) groups is 1. The highest BCUT2D eigenvalue weighted by Crippen LogP contribution is 2.45. The van der Waals surface area contributed by atoms with Gasteiger partial charge in [0.1, 0.15) is 5.82 Å². The van der Waals surface area contributed by atoms with E-state index in [-0.39, 0.29) is 0 Å². The SMILES string of the molecule is O=C1CCCN1CCC1CN(c2nc(C3CC3)ns2)c2ccccc21. The number of para-hydroxylation sites is 1. The van der Waals surface area contributed by atoms with Gasteiger partial charge < -0.3 is 9.80 Å². The van der Waals surface area contributed by atoms with Gasteiger partial charge in [0.25, 0.3) is 0 Å². The Bertz CT molecular complexity index is 800. The standard InChI is InChI=1S/C19H22N4OS/c24-17-6-3-10-22(17)11-9-14-12-23(16-5-2-1-4-15(14)16)19-20-18(21-25-19)13-7-8-13/h1-2,4-5,13-14H,3,6-12H2. The summed E-state index contributed by atoms with van der Waals surface area (Å²) in [4.78, 5) is 21.0. The van der Waals surface area contributed by atoms with Crippen molar-refractivity contribution in [2.45, 2.75) is 43.9 Å². The average molecular weight is 354 g/mol. The smallest absolute Gasteiger partial charge is 0.222 e. The zero-order valence-corrected chi connectivity index (χ0v) is 15.0. The van der Waals surface area contributed by atoms with Crippen molar-refractivity contribution < 1.29 is 4.79 Å². The van der Waals surface area contributed by atoms with E-state index in [0.29, 0.717) is 17.7 Å². The molecule has 3 aliphatic rings. The van der Waals surface area contributed by atoms with Crippen molar-refractivity contribution in [3.63, 3.8) is 0 Å². The molecule has 2 aromatic rings. The van der Waals surface area contributed by atoms with Gasteiger partial charge in [-0.1, -0.05) is 18.2 Å². The van der Waals surface area contributed by atoms with Crippen LogP contribution >= 0.6 is 11.5 Å². The Kier molecular flexibility index (Phi) is 3.73. The van der Waals surface area contributed by atoms with Crippen molar-refractivity contribution in [1.29, 1.82) is 0 Å². The zero-order chi connectivity index (χ0) is 16.8. The number of rotatable bonds is 5. The van der Waals surface area contributed by atoms with Gasteiger partial charge in [0.05, 0.1) is 0 Å². The number of carbonyl (C=O) groups excluding carboxylic acids is 1. The van der Waals surface area contributed by atoms with Crippen LogP contribution in [0.4, 0.5) is 10.8 Å². The van der Waals surface area contributed by atoms with E-state index in [4.69, 9.17) is 4.98 Å². The van der Waals surface area contributed by atoms with Gasteiger partial charge >= 0.3 is 0 Å². The number of likely N-dealkylation sites (tertiary alicyclic amines) is 1. The predicted octanol–water partition coefficient (Wildman–Crippen LogP) is 3.66. The Morgan fingerprint density at radius 1 is 1.24 bits per heavy atom. The van der Waals surface area contributed by atoms with Gasteiger partial charge in [0.2, 0.25) is 11.0 Å². The Morgan fingerprint density at radius 2 is 2.12 bits per heavy atom. The number of anilines is 2. The topological polar surface area (TPSA) is 49.3 Å². The first-order chi connectivity index (χ1) is 12.3. The average Bonchev–Trinajstić information content (AvgIpc) is 3.05. The summed E-state index contributed by atoms with van der Waals surface area (Å²) in [6, 6.07) is 8.64. The van der Waals surface area contributed by atoms with Crippen molar-refractivity contribution >= 4 is 28.3 Å². The molecule has 0 radical (unpaired) electrons. The lowest BCUT2D eigenvalue weighted by Crippen LogP contribution is -2.27. The summed E-state index contributed by atoms with van der Waals surface area (Å²) in [5.74, 6) is 2.41. The molecule has 0 spiro atoms. The van der Waals surface area contributed by atoms with E-state index in [1.165, 1.54) is 35.6 Å². The van der Waals surface area contributed by atoms with Crippen molar-refractivity contribution in [2.75, 3.05) is 24.5 Å². The Hall–Kier alpha value is -1.95. The van der Waals surface area contributed by atoms with Gasteiger partial charge in [-0.05, 0) is 37.3 Å². The van der Waals surface area contributed by atoms with Crippen molar-refractivity contribution in [1.82, 2.24) is 14.3 Å². The maximum absolute atomic E-state index is 11.9. The summed E-state index contributed by atoms with van der Waals surface area (Å²) in [7, 11) is 0. The second-order valence-corrected chi connectivity index (χ2v) is 8.08. The van der Waals surface area contributed by atoms with Crippen LogP contribution in [0.2, 0.25) is 0 Å². The summed E-state index contributed by atoms with van der Waals surface area (Å²) >= 11 is 1.52. The highest BCUT2D eigenvalue weighted by molar-refractivity contribution is 7.09. The zero-order valence-electron chi connectivity index (χ0n) is 14.2. The van der Waals surface area contributed by atoms with E-state index in [0.717, 1.165) is 49.9 Å². The molecule has 0 bridgehead atoms. The summed E-state index contributed by atoms with van der Waals surface area (Å²) in [6.07, 6.45) is 5.23. The van der Waals surface area contributed by atoms with Crippen LogP contribution in [0.1, 0.15) is 55.3 Å². The molecule has 2 aliphatic heterocycles. The minimum Gasteiger partial charge on any atom is -0.343 e. The lowest BCUT2D eigenvalue weighted by atomic mass is 9.98. The van der Waals surface area contributed by atoms with Crippen LogP contribution in [0.5, 0.6) is 0 Å². The summed E-state index contributed by atoms with van der Waals surface area (Å²) in [5.41, 5.74) is 2.65. The molecular formula is C19H22N4OS. The molecule has 1 amide bonds. The van der Waals surface area contributed by atoms with E-state index in [1.807, 2.05) is 4.90 Å². The van der Waals surface area contributed by atoms with Crippen LogP contribution in [0.3, 0.4) is 0 Å². The quantitative estimate of drug-likeness (QED) is 0.822. The molecule has 1 saturated carbocycles. The third-order valence-corrected chi connectivity index (χ3v) is 6.35. The Morgan fingerprint density at radius 3 is 2.92 bits per heavy atom. The molecule has 5 rings (SSSR count). The normalized spacial score (nSPS) is 22.7. The summed E-state index contributed by atoms with van der Waals surface area (Å²) < 4.78 is 4.58. The molecule has 1 saturated heterocycles. The molecule has 1 aromatic carbocycles. The first-order valence-corrected chi connectivity index (χ1v) is 10.0. The van der Waals surface area contributed by atoms with Crippen LogP contribution in [0, 0.1) is 0 Å². The van der Waals surface area contributed by atoms with Crippen LogP contribution in [-0.4, -0.2) is 39.8 Å². The molecule has 2 fully saturated rings. The highest BCUT2D eigenvalue weighted by Gasteiger charge is 2.34. The van der Waals surface area contributed by atoms with Crippen LogP contribution < -0.4 is 4.90 Å². The second kappa shape index (κ2) is 6.09. The van der Waals surface area contributed by atoms with Gasteiger partial charge in [0.15, 0.2) is 0 Å². The Labute approximate surface area is 151 Å². The molecular weight excluding hydrogens is 332 g/mol. The van der Waals surface area contributed by atoms with E-state index in [1.54, 1.807) is 0 Å². The summed E-state index contributed by atoms with van der Waals surface area (Å²) in [5, 5.41) is 1.02. The van der Waals surface area contributed by atoms with Gasteiger partial charge in [-0.15, -0.1) is 0 Å². The monoisotopic (exact) mass is 354 g/mol. The van der Waals surface area contributed by atoms with Gasteiger partial charge in [0, 0.05) is 55.1 Å². The molecule has 1 aliphatic carbocycles. The number of hydrogen-bond acceptors (Lipinski definition) is 5. The lowest BCUT2D eigenvalue weighted by molar-refractivity contribution is -0.127. The molecule has 1 aromatic heterocycles. The van der Waals surface area contributed by atoms with Gasteiger partial charge in [-0.3, -0.25) is 4.79 Å². The fraction of sp³-hybridized carbons (Fsp3) is 0.526. The number of hydrogen-bond donors (Lipinski definition) is 0. The molecule has 25 heavy (non-hydrogen) atoms. The molecule has 6 heteroatoms. The predicted molar refractivity (Wildman–Crippen MR) is 98.5 cm³/mol. The fourth-order valence-corrected chi connectivity index (χ4v) is 4.79. The van der Waals surface area contributed by atoms with E-state index in [9.17, 15) is 4.79 Å². The summed E-state index contributed by atoms with van der Waals surface area (Å²) in [6.45, 7) is 2.74. The molecule has 1 unspecified atom stereocenters. The first kappa shape index (κ1) is 15.3.